The highest BCUT2D eigenvalue weighted by atomic mass is 16.7. The van der Waals surface area contributed by atoms with Crippen molar-refractivity contribution in [2.24, 2.45) is 17.3 Å². The van der Waals surface area contributed by atoms with Crippen LogP contribution in [0, 0.1) is 17.3 Å². The zero-order valence-corrected chi connectivity index (χ0v) is 16.0. The second-order valence-corrected chi connectivity index (χ2v) is 8.12. The average Bonchev–Trinajstić information content (AvgIpc) is 2.54. The molecule has 0 aromatic carbocycles. The topological polar surface area (TPSA) is 105 Å². The van der Waals surface area contributed by atoms with E-state index in [0.717, 1.165) is 13.1 Å². The van der Waals surface area contributed by atoms with Gasteiger partial charge in [0.2, 0.25) is 0 Å². The van der Waals surface area contributed by atoms with E-state index in [1.165, 1.54) is 4.90 Å². The summed E-state index contributed by atoms with van der Waals surface area (Å²) in [5, 5.41) is 12.4. The summed E-state index contributed by atoms with van der Waals surface area (Å²) in [5.41, 5.74) is -0.580. The zero-order chi connectivity index (χ0) is 19.5. The van der Waals surface area contributed by atoms with Crippen molar-refractivity contribution >= 4 is 18.0 Å². The van der Waals surface area contributed by atoms with Crippen LogP contribution in [-0.2, 0) is 19.1 Å². The van der Waals surface area contributed by atoms with E-state index in [4.69, 9.17) is 9.47 Å². The van der Waals surface area contributed by atoms with Crippen molar-refractivity contribution in [3.8, 4) is 0 Å². The Balaban J connectivity index is 1.91. The minimum Gasteiger partial charge on any atom is -0.481 e. The molecule has 8 heteroatoms. The molecule has 2 saturated heterocycles. The third kappa shape index (κ3) is 4.87. The summed E-state index contributed by atoms with van der Waals surface area (Å²) in [5.74, 6) is -3.20. The standard InChI is InChI=1S/C18H30N2O6/c1-12-11-20(10-5-13(12)14(21)22)16(24)26-17(2,3)25-15(23)18(4)6-8-19-9-7-18/h12-13,19H,5-11H2,1-4H3,(H,21,22)/t12-,13+/m0/s1. The van der Waals surface area contributed by atoms with E-state index in [1.807, 2.05) is 6.92 Å². The van der Waals surface area contributed by atoms with Crippen LogP contribution >= 0.6 is 0 Å². The molecule has 0 bridgehead atoms. The van der Waals surface area contributed by atoms with Gasteiger partial charge in [0.05, 0.1) is 11.3 Å². The summed E-state index contributed by atoms with van der Waals surface area (Å²) in [4.78, 5) is 37.6. The molecule has 2 aliphatic rings. The maximum atomic E-state index is 12.5. The smallest absolute Gasteiger partial charge is 0.413 e. The Morgan fingerprint density at radius 1 is 1.19 bits per heavy atom. The van der Waals surface area contributed by atoms with Crippen molar-refractivity contribution < 1.29 is 29.0 Å². The average molecular weight is 370 g/mol. The molecule has 0 unspecified atom stereocenters. The number of rotatable bonds is 4. The predicted molar refractivity (Wildman–Crippen MR) is 93.3 cm³/mol. The Labute approximate surface area is 154 Å². The van der Waals surface area contributed by atoms with Crippen molar-refractivity contribution in [2.75, 3.05) is 26.2 Å². The number of carboxylic acid groups (broad SMARTS) is 1. The highest BCUT2D eigenvalue weighted by Gasteiger charge is 2.41. The minimum absolute atomic E-state index is 0.159. The fraction of sp³-hybridized carbons (Fsp3) is 0.833. The Kier molecular flexibility index (Phi) is 6.16. The summed E-state index contributed by atoms with van der Waals surface area (Å²) in [6.45, 7) is 8.89. The van der Waals surface area contributed by atoms with E-state index >= 15 is 0 Å². The molecule has 0 aliphatic carbocycles. The molecule has 2 N–H and O–H groups in total. The number of likely N-dealkylation sites (tertiary alicyclic amines) is 1. The van der Waals surface area contributed by atoms with Gasteiger partial charge >= 0.3 is 18.0 Å². The van der Waals surface area contributed by atoms with Crippen molar-refractivity contribution in [2.45, 2.75) is 52.7 Å². The number of carbonyl (C=O) groups excluding carboxylic acids is 2. The molecule has 8 nitrogen and oxygen atoms in total. The lowest BCUT2D eigenvalue weighted by Gasteiger charge is -2.38. The van der Waals surface area contributed by atoms with Gasteiger partial charge in [-0.1, -0.05) is 6.92 Å². The van der Waals surface area contributed by atoms with Gasteiger partial charge in [0.25, 0.3) is 5.79 Å². The van der Waals surface area contributed by atoms with Crippen LogP contribution < -0.4 is 5.32 Å². The lowest BCUT2D eigenvalue weighted by Crippen LogP contribution is -2.49. The first-order valence-corrected chi connectivity index (χ1v) is 9.19. The van der Waals surface area contributed by atoms with Crippen LogP contribution in [0.1, 0.15) is 47.0 Å². The van der Waals surface area contributed by atoms with E-state index in [9.17, 15) is 19.5 Å². The lowest BCUT2D eigenvalue weighted by atomic mass is 9.81. The number of carbonyl (C=O) groups is 3. The second-order valence-electron chi connectivity index (χ2n) is 8.12. The number of aliphatic carboxylic acids is 1. The predicted octanol–water partition coefficient (Wildman–Crippen LogP) is 1.83. The van der Waals surface area contributed by atoms with Crippen LogP contribution in [0.4, 0.5) is 4.79 Å². The maximum Gasteiger partial charge on any atom is 0.413 e. The SMILES string of the molecule is C[C@H]1CN(C(=O)OC(C)(C)OC(=O)C2(C)CCNCC2)CC[C@H]1C(=O)O. The molecule has 0 aromatic rings. The quantitative estimate of drug-likeness (QED) is 0.574. The highest BCUT2D eigenvalue weighted by Crippen LogP contribution is 2.32. The number of esters is 1. The second kappa shape index (κ2) is 7.82. The first-order chi connectivity index (χ1) is 12.0. The minimum atomic E-state index is -1.38. The normalized spacial score (nSPS) is 26.1. The summed E-state index contributed by atoms with van der Waals surface area (Å²) < 4.78 is 10.9. The number of hydrogen-bond donors (Lipinski definition) is 2. The van der Waals surface area contributed by atoms with E-state index < -0.39 is 29.2 Å². The number of hydrogen-bond acceptors (Lipinski definition) is 6. The Bertz CT molecular complexity index is 556. The lowest BCUT2D eigenvalue weighted by molar-refractivity contribution is -0.208. The molecule has 148 valence electrons. The van der Waals surface area contributed by atoms with Crippen LogP contribution in [0.3, 0.4) is 0 Å². The Morgan fingerprint density at radius 3 is 2.35 bits per heavy atom. The molecule has 0 aromatic heterocycles. The van der Waals surface area contributed by atoms with E-state index in [2.05, 4.69) is 5.32 Å². The van der Waals surface area contributed by atoms with Crippen molar-refractivity contribution in [3.05, 3.63) is 0 Å². The summed E-state index contributed by atoms with van der Waals surface area (Å²) in [7, 11) is 0. The maximum absolute atomic E-state index is 12.5. The van der Waals surface area contributed by atoms with Crippen LogP contribution in [0.15, 0.2) is 0 Å². The summed E-state index contributed by atoms with van der Waals surface area (Å²) >= 11 is 0. The van der Waals surface area contributed by atoms with Gasteiger partial charge in [-0.25, -0.2) is 4.79 Å². The third-order valence-electron chi connectivity index (χ3n) is 5.35. The molecule has 2 atom stereocenters. The van der Waals surface area contributed by atoms with Crippen LogP contribution in [0.25, 0.3) is 0 Å². The van der Waals surface area contributed by atoms with Crippen molar-refractivity contribution in [1.82, 2.24) is 10.2 Å². The number of carboxylic acids is 1. The van der Waals surface area contributed by atoms with Gasteiger partial charge in [0.15, 0.2) is 0 Å². The monoisotopic (exact) mass is 370 g/mol. The van der Waals surface area contributed by atoms with Crippen LogP contribution in [-0.4, -0.2) is 60.0 Å². The van der Waals surface area contributed by atoms with E-state index in [-0.39, 0.29) is 11.9 Å². The molecule has 2 rings (SSSR count). The van der Waals surface area contributed by atoms with Gasteiger partial charge in [-0.3, -0.25) is 9.59 Å². The molecular formula is C18H30N2O6. The highest BCUT2D eigenvalue weighted by molar-refractivity contribution is 5.77. The molecule has 2 heterocycles. The molecule has 0 saturated carbocycles. The molecule has 0 radical (unpaired) electrons. The van der Waals surface area contributed by atoms with Crippen LogP contribution in [0.2, 0.25) is 0 Å². The third-order valence-corrected chi connectivity index (χ3v) is 5.35. The van der Waals surface area contributed by atoms with Gasteiger partial charge in [0, 0.05) is 26.9 Å². The number of ether oxygens (including phenoxy) is 2. The summed E-state index contributed by atoms with van der Waals surface area (Å²) in [6.07, 6.45) is 1.15. The largest absolute Gasteiger partial charge is 0.481 e. The molecule has 0 spiro atoms. The molecule has 2 aliphatic heterocycles. The number of piperidine rings is 2. The molecule has 1 amide bonds. The first-order valence-electron chi connectivity index (χ1n) is 9.19. The van der Waals surface area contributed by atoms with Gasteiger partial charge in [-0.15, -0.1) is 0 Å². The van der Waals surface area contributed by atoms with Crippen molar-refractivity contribution in [3.63, 3.8) is 0 Å². The Hall–Kier alpha value is -1.83. The van der Waals surface area contributed by atoms with Crippen LogP contribution in [0.5, 0.6) is 0 Å². The zero-order valence-electron chi connectivity index (χ0n) is 16.0. The van der Waals surface area contributed by atoms with Gasteiger partial charge < -0.3 is 24.8 Å². The van der Waals surface area contributed by atoms with E-state index in [0.29, 0.717) is 32.4 Å². The van der Waals surface area contributed by atoms with Crippen molar-refractivity contribution in [1.29, 1.82) is 0 Å². The van der Waals surface area contributed by atoms with Gasteiger partial charge in [0.1, 0.15) is 0 Å². The fourth-order valence-electron chi connectivity index (χ4n) is 3.50. The Morgan fingerprint density at radius 2 is 1.81 bits per heavy atom. The number of amides is 1. The van der Waals surface area contributed by atoms with E-state index in [1.54, 1.807) is 20.8 Å². The fourth-order valence-corrected chi connectivity index (χ4v) is 3.50. The molecular weight excluding hydrogens is 340 g/mol. The van der Waals surface area contributed by atoms with Gasteiger partial charge in [-0.2, -0.15) is 0 Å². The number of nitrogens with one attached hydrogen (secondary N) is 1. The molecule has 2 fully saturated rings. The first kappa shape index (κ1) is 20.5. The van der Waals surface area contributed by atoms with Gasteiger partial charge in [-0.05, 0) is 45.2 Å². The number of nitrogens with zero attached hydrogens (tertiary/aromatic N) is 1. The molecule has 26 heavy (non-hydrogen) atoms. The summed E-state index contributed by atoms with van der Waals surface area (Å²) in [6, 6.07) is 0.